The van der Waals surface area contributed by atoms with Crippen LogP contribution >= 0.6 is 0 Å². The van der Waals surface area contributed by atoms with Gasteiger partial charge in [-0.1, -0.05) is 6.07 Å². The molecule has 0 radical (unpaired) electrons. The second-order valence-electron chi connectivity index (χ2n) is 2.49. The molecule has 1 heterocycles. The van der Waals surface area contributed by atoms with Gasteiger partial charge in [-0.15, -0.1) is 0 Å². The lowest BCUT2D eigenvalue weighted by atomic mass is 10.3. The van der Waals surface area contributed by atoms with Crippen LogP contribution in [-0.2, 0) is 6.54 Å². The highest BCUT2D eigenvalue weighted by atomic mass is 16.2. The summed E-state index contributed by atoms with van der Waals surface area (Å²) in [5.74, 6) is 0. The summed E-state index contributed by atoms with van der Waals surface area (Å²) in [6, 6.07) is 5.09. The molecule has 0 unspecified atom stereocenters. The molecule has 3 N–H and O–H groups in total. The Labute approximate surface area is 70.8 Å². The first-order valence-corrected chi connectivity index (χ1v) is 3.64. The van der Waals surface area contributed by atoms with E-state index in [1.54, 1.807) is 0 Å². The first kappa shape index (κ1) is 8.52. The number of aromatic nitrogens is 1. The van der Waals surface area contributed by atoms with Crippen molar-refractivity contribution in [1.29, 1.82) is 0 Å². The summed E-state index contributed by atoms with van der Waals surface area (Å²) in [4.78, 5) is 14.5. The van der Waals surface area contributed by atoms with Crippen molar-refractivity contribution in [2.24, 2.45) is 5.73 Å². The molecule has 0 aliphatic heterocycles. The molecule has 1 rings (SSSR count). The molecule has 0 saturated heterocycles. The van der Waals surface area contributed by atoms with Gasteiger partial charge in [0, 0.05) is 5.69 Å². The zero-order chi connectivity index (χ0) is 8.97. The van der Waals surface area contributed by atoms with Crippen LogP contribution in [0.5, 0.6) is 0 Å². The summed E-state index contributed by atoms with van der Waals surface area (Å²) >= 11 is 0. The number of pyridine rings is 1. The second-order valence-corrected chi connectivity index (χ2v) is 2.49. The van der Waals surface area contributed by atoms with Crippen molar-refractivity contribution in [3.05, 3.63) is 29.6 Å². The molecular formula is C8H11N3O. The van der Waals surface area contributed by atoms with E-state index < -0.39 is 6.03 Å². The van der Waals surface area contributed by atoms with E-state index in [9.17, 15) is 4.79 Å². The number of carbonyl (C=O) groups excluding carboxylic acids is 1. The summed E-state index contributed by atoms with van der Waals surface area (Å²) in [5, 5.41) is 2.47. The van der Waals surface area contributed by atoms with Gasteiger partial charge in [0.1, 0.15) is 0 Å². The van der Waals surface area contributed by atoms with Crippen LogP contribution in [0.1, 0.15) is 11.4 Å². The molecule has 0 bridgehead atoms. The molecule has 4 nitrogen and oxygen atoms in total. The smallest absolute Gasteiger partial charge is 0.312 e. The van der Waals surface area contributed by atoms with Crippen LogP contribution in [0.25, 0.3) is 0 Å². The topological polar surface area (TPSA) is 68.0 Å². The average Bonchev–Trinajstić information content (AvgIpc) is 2.01. The van der Waals surface area contributed by atoms with E-state index in [1.165, 1.54) is 0 Å². The van der Waals surface area contributed by atoms with Gasteiger partial charge in [0.25, 0.3) is 0 Å². The number of hydrogen-bond acceptors (Lipinski definition) is 2. The molecule has 0 aliphatic carbocycles. The van der Waals surface area contributed by atoms with Gasteiger partial charge in [-0.05, 0) is 19.1 Å². The zero-order valence-corrected chi connectivity index (χ0v) is 6.87. The third-order valence-electron chi connectivity index (χ3n) is 1.39. The molecule has 0 aromatic carbocycles. The number of urea groups is 1. The van der Waals surface area contributed by atoms with E-state index in [0.717, 1.165) is 11.4 Å². The standard InChI is InChI=1S/C8H11N3O/c1-6-3-2-4-7(11-6)5-10-8(9)12/h2-4H,5H2,1H3,(H3,9,10,12). The molecule has 0 saturated carbocycles. The highest BCUT2D eigenvalue weighted by Gasteiger charge is 1.95. The Morgan fingerprint density at radius 3 is 3.00 bits per heavy atom. The van der Waals surface area contributed by atoms with Crippen LogP contribution in [0.2, 0.25) is 0 Å². The minimum Gasteiger partial charge on any atom is -0.352 e. The Balaban J connectivity index is 2.57. The molecule has 1 aromatic heterocycles. The Morgan fingerprint density at radius 2 is 2.42 bits per heavy atom. The van der Waals surface area contributed by atoms with Gasteiger partial charge in [-0.2, -0.15) is 0 Å². The van der Waals surface area contributed by atoms with E-state index in [0.29, 0.717) is 6.54 Å². The number of amides is 2. The van der Waals surface area contributed by atoms with Crippen LogP contribution in [0, 0.1) is 6.92 Å². The summed E-state index contributed by atoms with van der Waals surface area (Å²) in [6.45, 7) is 2.28. The van der Waals surface area contributed by atoms with Crippen molar-refractivity contribution in [3.8, 4) is 0 Å². The molecule has 1 aromatic rings. The van der Waals surface area contributed by atoms with Crippen LogP contribution in [0.15, 0.2) is 18.2 Å². The molecular weight excluding hydrogens is 154 g/mol. The highest BCUT2D eigenvalue weighted by Crippen LogP contribution is 1.96. The van der Waals surface area contributed by atoms with Gasteiger partial charge in [0.2, 0.25) is 0 Å². The number of aryl methyl sites for hydroxylation is 1. The molecule has 0 aliphatic rings. The number of hydrogen-bond donors (Lipinski definition) is 2. The Bertz CT molecular complexity index is 285. The lowest BCUT2D eigenvalue weighted by Crippen LogP contribution is -2.28. The second kappa shape index (κ2) is 3.71. The third kappa shape index (κ3) is 2.57. The minimum absolute atomic E-state index is 0.386. The molecule has 0 atom stereocenters. The summed E-state index contributed by atoms with van der Waals surface area (Å²) in [6.07, 6.45) is 0. The summed E-state index contributed by atoms with van der Waals surface area (Å²) in [7, 11) is 0. The van der Waals surface area contributed by atoms with Gasteiger partial charge < -0.3 is 11.1 Å². The summed E-state index contributed by atoms with van der Waals surface area (Å²) < 4.78 is 0. The predicted molar refractivity (Wildman–Crippen MR) is 45.4 cm³/mol. The lowest BCUT2D eigenvalue weighted by Gasteiger charge is -2.01. The van der Waals surface area contributed by atoms with Crippen LogP contribution < -0.4 is 11.1 Å². The van der Waals surface area contributed by atoms with E-state index in [1.807, 2.05) is 25.1 Å². The monoisotopic (exact) mass is 165 g/mol. The van der Waals surface area contributed by atoms with Crippen molar-refractivity contribution < 1.29 is 4.79 Å². The predicted octanol–water partition coefficient (Wildman–Crippen LogP) is 0.558. The zero-order valence-electron chi connectivity index (χ0n) is 6.87. The van der Waals surface area contributed by atoms with Gasteiger partial charge in [-0.3, -0.25) is 4.98 Å². The van der Waals surface area contributed by atoms with Crippen molar-refractivity contribution in [3.63, 3.8) is 0 Å². The minimum atomic E-state index is -0.529. The average molecular weight is 165 g/mol. The number of carbonyl (C=O) groups is 1. The SMILES string of the molecule is Cc1cccc(CNC(N)=O)n1. The van der Waals surface area contributed by atoms with Crippen molar-refractivity contribution >= 4 is 6.03 Å². The Hall–Kier alpha value is -1.58. The number of nitrogens with two attached hydrogens (primary N) is 1. The summed E-state index contributed by atoms with van der Waals surface area (Å²) in [5.41, 5.74) is 6.64. The van der Waals surface area contributed by atoms with Gasteiger partial charge >= 0.3 is 6.03 Å². The number of rotatable bonds is 2. The van der Waals surface area contributed by atoms with E-state index in [4.69, 9.17) is 5.73 Å². The first-order valence-electron chi connectivity index (χ1n) is 3.64. The van der Waals surface area contributed by atoms with Crippen molar-refractivity contribution in [1.82, 2.24) is 10.3 Å². The fraction of sp³-hybridized carbons (Fsp3) is 0.250. The molecule has 12 heavy (non-hydrogen) atoms. The van der Waals surface area contributed by atoms with Crippen LogP contribution in [0.3, 0.4) is 0 Å². The molecule has 2 amide bonds. The Kier molecular flexibility index (Phi) is 2.63. The molecule has 64 valence electrons. The van der Waals surface area contributed by atoms with E-state index in [-0.39, 0.29) is 0 Å². The first-order chi connectivity index (χ1) is 5.68. The van der Waals surface area contributed by atoms with Crippen molar-refractivity contribution in [2.75, 3.05) is 0 Å². The highest BCUT2D eigenvalue weighted by molar-refractivity contribution is 5.71. The molecule has 0 fully saturated rings. The number of nitrogens with one attached hydrogen (secondary N) is 1. The van der Waals surface area contributed by atoms with E-state index in [2.05, 4.69) is 10.3 Å². The lowest BCUT2D eigenvalue weighted by molar-refractivity contribution is 0.248. The number of nitrogens with zero attached hydrogens (tertiary/aromatic N) is 1. The quantitative estimate of drug-likeness (QED) is 0.672. The van der Waals surface area contributed by atoms with Gasteiger partial charge in [-0.25, -0.2) is 4.79 Å². The Morgan fingerprint density at radius 1 is 1.67 bits per heavy atom. The fourth-order valence-electron chi connectivity index (χ4n) is 0.876. The van der Waals surface area contributed by atoms with Crippen LogP contribution in [0.4, 0.5) is 4.79 Å². The normalized spacial score (nSPS) is 9.42. The maximum absolute atomic E-state index is 10.3. The van der Waals surface area contributed by atoms with Gasteiger partial charge in [0.05, 0.1) is 12.2 Å². The number of primary amides is 1. The largest absolute Gasteiger partial charge is 0.352 e. The fourth-order valence-corrected chi connectivity index (χ4v) is 0.876. The van der Waals surface area contributed by atoms with Crippen molar-refractivity contribution in [2.45, 2.75) is 13.5 Å². The third-order valence-corrected chi connectivity index (χ3v) is 1.39. The van der Waals surface area contributed by atoms with Crippen LogP contribution in [-0.4, -0.2) is 11.0 Å². The van der Waals surface area contributed by atoms with E-state index >= 15 is 0 Å². The maximum Gasteiger partial charge on any atom is 0.312 e. The van der Waals surface area contributed by atoms with Gasteiger partial charge in [0.15, 0.2) is 0 Å². The maximum atomic E-state index is 10.3. The molecule has 0 spiro atoms. The molecule has 4 heteroatoms.